The van der Waals surface area contributed by atoms with Crippen LogP contribution < -0.4 is 11.1 Å². The van der Waals surface area contributed by atoms with Crippen LogP contribution in [0.2, 0.25) is 0 Å². The van der Waals surface area contributed by atoms with Crippen LogP contribution in [0, 0.1) is 0 Å². The zero-order chi connectivity index (χ0) is 23.0. The van der Waals surface area contributed by atoms with Crippen molar-refractivity contribution in [3.8, 4) is 0 Å². The lowest BCUT2D eigenvalue weighted by Gasteiger charge is -2.39. The number of hydrogen-bond donors (Lipinski definition) is 3. The SMILES string of the molecule is COC(=O)C[C@H]1C(=O)N(CC(=O)O)CCN1C(=O)CNC(=O)c1ccc(CCN)cc1. The summed E-state index contributed by atoms with van der Waals surface area (Å²) in [7, 11) is 1.15. The van der Waals surface area contributed by atoms with E-state index in [1.165, 1.54) is 4.90 Å². The molecule has 1 aliphatic rings. The molecule has 31 heavy (non-hydrogen) atoms. The molecule has 0 unspecified atom stereocenters. The van der Waals surface area contributed by atoms with Crippen molar-refractivity contribution in [2.24, 2.45) is 5.73 Å². The summed E-state index contributed by atoms with van der Waals surface area (Å²) in [5.74, 6) is -3.60. The van der Waals surface area contributed by atoms with E-state index >= 15 is 0 Å². The number of carboxylic acid groups (broad SMARTS) is 1. The number of rotatable bonds is 9. The van der Waals surface area contributed by atoms with Gasteiger partial charge < -0.3 is 30.7 Å². The molecule has 0 radical (unpaired) electrons. The van der Waals surface area contributed by atoms with E-state index < -0.39 is 48.7 Å². The van der Waals surface area contributed by atoms with Crippen molar-refractivity contribution in [3.63, 3.8) is 0 Å². The van der Waals surface area contributed by atoms with Gasteiger partial charge in [-0.2, -0.15) is 0 Å². The minimum atomic E-state index is -1.20. The number of ether oxygens (including phenoxy) is 1. The standard InChI is InChI=1S/C20H26N4O7/c1-31-18(28)10-15-20(30)23(12-17(26)27)8-9-24(15)16(25)11-22-19(29)14-4-2-13(3-5-14)6-7-21/h2-5,15H,6-12,21H2,1H3,(H,22,29)(H,26,27)/t15-/m0/s1. The summed E-state index contributed by atoms with van der Waals surface area (Å²) in [5, 5.41) is 11.5. The van der Waals surface area contributed by atoms with E-state index in [1.54, 1.807) is 24.3 Å². The Kier molecular flexibility index (Phi) is 8.50. The molecule has 1 aromatic carbocycles. The fraction of sp³-hybridized carbons (Fsp3) is 0.450. The van der Waals surface area contributed by atoms with Gasteiger partial charge in [-0.3, -0.25) is 24.0 Å². The van der Waals surface area contributed by atoms with Crippen LogP contribution in [0.15, 0.2) is 24.3 Å². The van der Waals surface area contributed by atoms with Gasteiger partial charge in [0.1, 0.15) is 12.6 Å². The maximum absolute atomic E-state index is 12.7. The maximum atomic E-state index is 12.7. The first-order valence-electron chi connectivity index (χ1n) is 9.71. The second kappa shape index (κ2) is 11.1. The summed E-state index contributed by atoms with van der Waals surface area (Å²) in [6.45, 7) is -0.387. The number of carboxylic acids is 1. The van der Waals surface area contributed by atoms with Gasteiger partial charge in [-0.1, -0.05) is 12.1 Å². The third-order valence-electron chi connectivity index (χ3n) is 4.87. The fourth-order valence-electron chi connectivity index (χ4n) is 3.24. The van der Waals surface area contributed by atoms with Gasteiger partial charge in [-0.25, -0.2) is 0 Å². The molecule has 1 saturated heterocycles. The molecule has 1 aromatic rings. The normalized spacial score (nSPS) is 16.1. The average Bonchev–Trinajstić information content (AvgIpc) is 2.75. The van der Waals surface area contributed by atoms with Crippen molar-refractivity contribution in [3.05, 3.63) is 35.4 Å². The molecule has 0 aromatic heterocycles. The van der Waals surface area contributed by atoms with Gasteiger partial charge in [0.25, 0.3) is 5.91 Å². The molecule has 0 spiro atoms. The van der Waals surface area contributed by atoms with E-state index in [2.05, 4.69) is 10.1 Å². The summed E-state index contributed by atoms with van der Waals surface area (Å²) in [4.78, 5) is 62.6. The second-order valence-corrected chi connectivity index (χ2v) is 6.95. The summed E-state index contributed by atoms with van der Waals surface area (Å²) in [6, 6.07) is 5.60. The number of benzene rings is 1. The van der Waals surface area contributed by atoms with Crippen LogP contribution in [0.25, 0.3) is 0 Å². The van der Waals surface area contributed by atoms with Crippen LogP contribution in [-0.4, -0.2) is 90.4 Å². The van der Waals surface area contributed by atoms with Crippen LogP contribution in [0.3, 0.4) is 0 Å². The third-order valence-corrected chi connectivity index (χ3v) is 4.87. The van der Waals surface area contributed by atoms with Crippen molar-refractivity contribution in [1.82, 2.24) is 15.1 Å². The molecule has 0 saturated carbocycles. The number of nitrogens with zero attached hydrogens (tertiary/aromatic N) is 2. The Morgan fingerprint density at radius 2 is 1.87 bits per heavy atom. The highest BCUT2D eigenvalue weighted by Crippen LogP contribution is 2.16. The zero-order valence-electron chi connectivity index (χ0n) is 17.2. The molecular weight excluding hydrogens is 408 g/mol. The predicted molar refractivity (Wildman–Crippen MR) is 108 cm³/mol. The lowest BCUT2D eigenvalue weighted by atomic mass is 10.1. The van der Waals surface area contributed by atoms with Gasteiger partial charge in [0, 0.05) is 18.7 Å². The molecule has 4 N–H and O–H groups in total. The molecule has 1 heterocycles. The van der Waals surface area contributed by atoms with Crippen LogP contribution in [-0.2, 0) is 30.3 Å². The highest BCUT2D eigenvalue weighted by atomic mass is 16.5. The summed E-state index contributed by atoms with van der Waals surface area (Å²) >= 11 is 0. The second-order valence-electron chi connectivity index (χ2n) is 6.95. The molecule has 1 aliphatic heterocycles. The zero-order valence-corrected chi connectivity index (χ0v) is 17.2. The fourth-order valence-corrected chi connectivity index (χ4v) is 3.24. The first-order chi connectivity index (χ1) is 14.8. The predicted octanol–water partition coefficient (Wildman–Crippen LogP) is -1.40. The van der Waals surface area contributed by atoms with Gasteiger partial charge in [-0.05, 0) is 30.7 Å². The maximum Gasteiger partial charge on any atom is 0.323 e. The van der Waals surface area contributed by atoms with E-state index in [0.717, 1.165) is 17.6 Å². The number of aliphatic carboxylic acids is 1. The van der Waals surface area contributed by atoms with Gasteiger partial charge in [-0.15, -0.1) is 0 Å². The minimum Gasteiger partial charge on any atom is -0.480 e. The number of hydrogen-bond acceptors (Lipinski definition) is 7. The monoisotopic (exact) mass is 434 g/mol. The van der Waals surface area contributed by atoms with Gasteiger partial charge >= 0.3 is 11.9 Å². The highest BCUT2D eigenvalue weighted by Gasteiger charge is 2.39. The highest BCUT2D eigenvalue weighted by molar-refractivity contribution is 5.98. The summed E-state index contributed by atoms with van der Waals surface area (Å²) < 4.78 is 4.59. The molecule has 11 nitrogen and oxygen atoms in total. The quantitative estimate of drug-likeness (QED) is 0.400. The summed E-state index contributed by atoms with van der Waals surface area (Å²) in [5.41, 5.74) is 6.84. The number of nitrogens with two attached hydrogens (primary N) is 1. The van der Waals surface area contributed by atoms with E-state index in [0.29, 0.717) is 18.5 Å². The van der Waals surface area contributed by atoms with E-state index in [4.69, 9.17) is 10.8 Å². The molecule has 1 fully saturated rings. The molecule has 1 atom stereocenters. The minimum absolute atomic E-state index is 0.00506. The van der Waals surface area contributed by atoms with Crippen LogP contribution in [0.5, 0.6) is 0 Å². The molecule has 3 amide bonds. The first kappa shape index (κ1) is 23.8. The van der Waals surface area contributed by atoms with Crippen LogP contribution in [0.4, 0.5) is 0 Å². The van der Waals surface area contributed by atoms with Gasteiger partial charge in [0.2, 0.25) is 11.8 Å². The van der Waals surface area contributed by atoms with Crippen molar-refractivity contribution >= 4 is 29.7 Å². The Morgan fingerprint density at radius 1 is 1.19 bits per heavy atom. The van der Waals surface area contributed by atoms with E-state index in [9.17, 15) is 24.0 Å². The molecule has 2 rings (SSSR count). The lowest BCUT2D eigenvalue weighted by Crippen LogP contribution is -2.61. The Labute approximate surface area is 179 Å². The molecule has 11 heteroatoms. The van der Waals surface area contributed by atoms with E-state index in [-0.39, 0.29) is 19.6 Å². The van der Waals surface area contributed by atoms with Crippen molar-refractivity contribution in [2.45, 2.75) is 18.9 Å². The number of esters is 1. The van der Waals surface area contributed by atoms with Crippen molar-refractivity contribution in [2.75, 3.05) is 39.8 Å². The number of methoxy groups -OCH3 is 1. The lowest BCUT2D eigenvalue weighted by molar-refractivity contribution is -0.158. The average molecular weight is 434 g/mol. The Morgan fingerprint density at radius 3 is 2.45 bits per heavy atom. The molecule has 0 aliphatic carbocycles. The number of amides is 3. The number of nitrogens with one attached hydrogen (secondary N) is 1. The molecule has 168 valence electrons. The Balaban J connectivity index is 2.03. The first-order valence-corrected chi connectivity index (χ1v) is 9.71. The van der Waals surface area contributed by atoms with Gasteiger partial charge in [0.15, 0.2) is 0 Å². The largest absolute Gasteiger partial charge is 0.480 e. The van der Waals surface area contributed by atoms with Crippen LogP contribution in [0.1, 0.15) is 22.3 Å². The number of carbonyl (C=O) groups is 5. The Hall–Kier alpha value is -3.47. The number of carbonyl (C=O) groups excluding carboxylic acids is 4. The number of piperazine rings is 1. The van der Waals surface area contributed by atoms with Crippen molar-refractivity contribution < 1.29 is 33.8 Å². The van der Waals surface area contributed by atoms with Crippen molar-refractivity contribution in [1.29, 1.82) is 0 Å². The van der Waals surface area contributed by atoms with Gasteiger partial charge in [0.05, 0.1) is 20.1 Å². The smallest absolute Gasteiger partial charge is 0.323 e. The van der Waals surface area contributed by atoms with Crippen LogP contribution >= 0.6 is 0 Å². The third kappa shape index (κ3) is 6.51. The van der Waals surface area contributed by atoms with E-state index in [1.807, 2.05) is 0 Å². The summed E-state index contributed by atoms with van der Waals surface area (Å²) in [6.07, 6.45) is 0.275. The molecule has 0 bridgehead atoms. The topological polar surface area (TPSA) is 159 Å². The molecular formula is C20H26N4O7. The Bertz CT molecular complexity index is 840.